The molecular formula is C60H62N4O8+2. The number of methoxy groups -OCH3 is 2. The lowest BCUT2D eigenvalue weighted by Gasteiger charge is -2.29. The van der Waals surface area contributed by atoms with Crippen LogP contribution in [-0.2, 0) is 40.7 Å². The molecule has 12 nitrogen and oxygen atoms in total. The van der Waals surface area contributed by atoms with Crippen LogP contribution in [0.1, 0.15) is 112 Å². The molecule has 0 bridgehead atoms. The fraction of sp³-hybridized carbons (Fsp3) is 0.333. The second kappa shape index (κ2) is 16.0. The number of ketones is 2. The molecule has 4 aliphatic heterocycles. The number of ether oxygens (including phenoxy) is 2. The van der Waals surface area contributed by atoms with Gasteiger partial charge in [-0.15, -0.1) is 0 Å². The van der Waals surface area contributed by atoms with E-state index in [9.17, 15) is 29.4 Å². The van der Waals surface area contributed by atoms with Gasteiger partial charge in [-0.1, -0.05) is 52.0 Å². The second-order valence-corrected chi connectivity index (χ2v) is 21.7. The highest BCUT2D eigenvalue weighted by Crippen LogP contribution is 2.57. The third-order valence-electron chi connectivity index (χ3n) is 16.6. The molecule has 4 heterocycles. The van der Waals surface area contributed by atoms with Crippen molar-refractivity contribution in [1.82, 2.24) is 0 Å². The van der Waals surface area contributed by atoms with Crippen LogP contribution in [0.5, 0.6) is 0 Å². The number of nitrogens with zero attached hydrogens (tertiary/aromatic N) is 4. The Bertz CT molecular complexity index is 3300. The normalized spacial score (nSPS) is 22.1. The number of carboxylic acid groups (broad SMARTS) is 2. The first-order valence-electron chi connectivity index (χ1n) is 24.6. The van der Waals surface area contributed by atoms with E-state index < -0.39 is 33.6 Å². The number of hydrogen-bond acceptors (Lipinski definition) is 8. The molecule has 10 rings (SSSR count). The molecule has 0 unspecified atom stereocenters. The van der Waals surface area contributed by atoms with Crippen LogP contribution in [0.3, 0.4) is 0 Å². The minimum Gasteiger partial charge on any atom is -0.495 e. The van der Waals surface area contributed by atoms with Gasteiger partial charge >= 0.3 is 11.9 Å². The van der Waals surface area contributed by atoms with Gasteiger partial charge in [0.15, 0.2) is 11.4 Å². The summed E-state index contributed by atoms with van der Waals surface area (Å²) in [4.78, 5) is 57.1. The number of benzene rings is 4. The zero-order valence-corrected chi connectivity index (χ0v) is 43.6. The molecule has 6 aliphatic rings. The fourth-order valence-electron chi connectivity index (χ4n) is 12.6. The summed E-state index contributed by atoms with van der Waals surface area (Å²) in [5, 5.41) is 21.6. The van der Waals surface area contributed by atoms with Gasteiger partial charge in [-0.3, -0.25) is 9.59 Å². The maximum atomic E-state index is 14.3. The Morgan fingerprint density at radius 1 is 0.542 bits per heavy atom. The van der Waals surface area contributed by atoms with Gasteiger partial charge in [0, 0.05) is 81.5 Å². The number of carboxylic acids is 2. The summed E-state index contributed by atoms with van der Waals surface area (Å²) in [5.74, 6) is -1.16. The van der Waals surface area contributed by atoms with Crippen LogP contribution in [0.2, 0.25) is 0 Å². The summed E-state index contributed by atoms with van der Waals surface area (Å²) in [5.41, 5.74) is 12.1. The molecule has 4 aromatic rings. The molecule has 0 aromatic heterocycles. The zero-order chi connectivity index (χ0) is 52.0. The topological polar surface area (TPSA) is 140 Å². The van der Waals surface area contributed by atoms with Crippen molar-refractivity contribution in [3.05, 3.63) is 164 Å². The van der Waals surface area contributed by atoms with Crippen molar-refractivity contribution in [1.29, 1.82) is 0 Å². The van der Waals surface area contributed by atoms with Crippen molar-refractivity contribution in [3.8, 4) is 0 Å². The first kappa shape index (κ1) is 48.0. The Morgan fingerprint density at radius 2 is 0.903 bits per heavy atom. The molecule has 0 fully saturated rings. The summed E-state index contributed by atoms with van der Waals surface area (Å²) < 4.78 is 16.1. The van der Waals surface area contributed by atoms with Gasteiger partial charge in [0.2, 0.25) is 22.9 Å². The van der Waals surface area contributed by atoms with Crippen LogP contribution < -0.4 is 9.80 Å². The Labute approximate surface area is 420 Å². The summed E-state index contributed by atoms with van der Waals surface area (Å²) in [6.07, 6.45) is 7.80. The number of Topliss-reactive ketones (excluding diaryl/α,β-unsaturated/α-hetero) is 2. The molecule has 0 amide bonds. The Balaban J connectivity index is 1.01. The van der Waals surface area contributed by atoms with E-state index in [2.05, 4.69) is 75.6 Å². The van der Waals surface area contributed by atoms with E-state index in [1.807, 2.05) is 87.4 Å². The Morgan fingerprint density at radius 3 is 1.22 bits per heavy atom. The van der Waals surface area contributed by atoms with Crippen LogP contribution in [-0.4, -0.2) is 95.7 Å². The molecule has 0 saturated heterocycles. The van der Waals surface area contributed by atoms with Gasteiger partial charge in [0.05, 0.1) is 69.8 Å². The Hall–Kier alpha value is -7.60. The molecular weight excluding hydrogens is 905 g/mol. The van der Waals surface area contributed by atoms with Gasteiger partial charge in [-0.2, -0.15) is 9.15 Å². The van der Waals surface area contributed by atoms with Crippen molar-refractivity contribution in [3.63, 3.8) is 0 Å². The van der Waals surface area contributed by atoms with Gasteiger partial charge in [-0.25, -0.2) is 9.59 Å². The molecule has 2 aliphatic carbocycles. The number of hydrogen-bond donors (Lipinski definition) is 2. The van der Waals surface area contributed by atoms with Crippen molar-refractivity contribution in [2.75, 3.05) is 51.2 Å². The van der Waals surface area contributed by atoms with Crippen molar-refractivity contribution < 1.29 is 48.0 Å². The SMILES string of the molecule is CCN1/C(=C\C2=C(OC)C(=C\C3=[N+](C)c4ccc(C(=O)O)cc4C3(C)C)/C2=O)C(C)(C)c2ccc3c4c(ccc3c21)C(C)(C)/C(=C\C1=C(OC)C(=C\C2=[N+](C)c3ccc(C(=O)O)cc3C2(C)C)/C1=O)N4CC. The summed E-state index contributed by atoms with van der Waals surface area (Å²) >= 11 is 0. The van der Waals surface area contributed by atoms with Gasteiger partial charge in [0.1, 0.15) is 25.6 Å². The average molecular weight is 967 g/mol. The largest absolute Gasteiger partial charge is 0.495 e. The molecule has 12 heteroatoms. The van der Waals surface area contributed by atoms with Gasteiger partial charge in [0.25, 0.3) is 0 Å². The highest BCUT2D eigenvalue weighted by Gasteiger charge is 2.50. The van der Waals surface area contributed by atoms with Crippen molar-refractivity contribution in [2.45, 2.75) is 90.9 Å². The number of fused-ring (bicyclic) bond motifs is 7. The maximum absolute atomic E-state index is 14.3. The van der Waals surface area contributed by atoms with Crippen LogP contribution in [0, 0.1) is 0 Å². The number of carbonyl (C=O) groups excluding carboxylic acids is 2. The number of allylic oxidation sites excluding steroid dienone is 10. The highest BCUT2D eigenvalue weighted by molar-refractivity contribution is 6.25. The zero-order valence-electron chi connectivity index (χ0n) is 43.6. The molecule has 0 atom stereocenters. The first-order valence-corrected chi connectivity index (χ1v) is 24.6. The number of rotatable bonds is 10. The van der Waals surface area contributed by atoms with Crippen LogP contribution in [0.25, 0.3) is 10.8 Å². The monoisotopic (exact) mass is 966 g/mol. The molecule has 4 aromatic carbocycles. The lowest BCUT2D eigenvalue weighted by atomic mass is 9.77. The van der Waals surface area contributed by atoms with E-state index in [-0.39, 0.29) is 22.7 Å². The molecule has 0 saturated carbocycles. The van der Waals surface area contributed by atoms with E-state index >= 15 is 0 Å². The summed E-state index contributed by atoms with van der Waals surface area (Å²) in [7, 11) is 7.07. The number of carbonyl (C=O) groups is 4. The highest BCUT2D eigenvalue weighted by atomic mass is 16.5. The predicted molar refractivity (Wildman–Crippen MR) is 281 cm³/mol. The number of aromatic carboxylic acids is 2. The smallest absolute Gasteiger partial charge is 0.335 e. The maximum Gasteiger partial charge on any atom is 0.335 e. The van der Waals surface area contributed by atoms with Crippen molar-refractivity contribution >= 4 is 68.5 Å². The minimum atomic E-state index is -0.986. The van der Waals surface area contributed by atoms with E-state index in [0.717, 1.165) is 78.6 Å². The summed E-state index contributed by atoms with van der Waals surface area (Å²) in [6, 6.07) is 19.2. The van der Waals surface area contributed by atoms with Crippen molar-refractivity contribution in [2.24, 2.45) is 0 Å². The standard InChI is InChI=1S/C60H60N4O8/c1-15-63-47(29-37-51(65)35(53(37)71-13)27-45-59(7,8)41-25-31(55(67)68)17-23-43(41)61(45)11)57(3,4)39-21-20-34-33(49(39)63)19-22-40-50(34)64(16-2)48(58(40,5)6)30-38-52(66)36(54(38)72-14)28-46-60(9,10)42-26-32(56(69)70)18-24-44(42)62(46)12/h17-30H,15-16H2,1-14H3/p+2. The van der Waals surface area contributed by atoms with E-state index in [1.165, 1.54) is 0 Å². The number of anilines is 2. The fourth-order valence-corrected chi connectivity index (χ4v) is 12.6. The van der Waals surface area contributed by atoms with Gasteiger partial charge in [-0.05, 0) is 89.1 Å². The summed E-state index contributed by atoms with van der Waals surface area (Å²) in [6.45, 7) is 22.5. The second-order valence-electron chi connectivity index (χ2n) is 21.7. The van der Waals surface area contributed by atoms with Crippen LogP contribution >= 0.6 is 0 Å². The lowest BCUT2D eigenvalue weighted by molar-refractivity contribution is -0.401. The average Bonchev–Trinajstić information content (AvgIpc) is 3.86. The minimum absolute atomic E-state index is 0.113. The quantitative estimate of drug-likeness (QED) is 0.117. The molecule has 0 radical (unpaired) electrons. The molecule has 368 valence electrons. The van der Waals surface area contributed by atoms with E-state index in [1.54, 1.807) is 38.5 Å². The van der Waals surface area contributed by atoms with E-state index in [4.69, 9.17) is 9.47 Å². The molecule has 72 heavy (non-hydrogen) atoms. The Kier molecular flexibility index (Phi) is 10.6. The van der Waals surface area contributed by atoms with Crippen LogP contribution in [0.15, 0.2) is 130 Å². The van der Waals surface area contributed by atoms with Gasteiger partial charge < -0.3 is 29.5 Å². The first-order chi connectivity index (χ1) is 33.9. The molecule has 0 spiro atoms. The lowest BCUT2D eigenvalue weighted by Crippen LogP contribution is -2.32. The molecule has 2 N–H and O–H groups in total. The number of likely N-dealkylation sites (N-methyl/N-ethyl adjacent to an activating group) is 2. The third-order valence-corrected chi connectivity index (χ3v) is 16.6. The van der Waals surface area contributed by atoms with E-state index in [0.29, 0.717) is 46.9 Å². The van der Waals surface area contributed by atoms with Crippen LogP contribution in [0.4, 0.5) is 22.7 Å². The third kappa shape index (κ3) is 6.35. The predicted octanol–water partition coefficient (Wildman–Crippen LogP) is 10.5.